The molecule has 6 heteroatoms. The Bertz CT molecular complexity index is 699. The average Bonchev–Trinajstić information content (AvgIpc) is 3.12. The van der Waals surface area contributed by atoms with Crippen molar-refractivity contribution in [2.45, 2.75) is 32.2 Å². The molecule has 1 N–H and O–H groups in total. The molecule has 120 valence electrons. The minimum Gasteiger partial charge on any atom is -0.351 e. The molecule has 1 aliphatic heterocycles. The smallest absolute Gasteiger partial charge is 0.229 e. The van der Waals surface area contributed by atoms with Crippen molar-refractivity contribution in [2.24, 2.45) is 0 Å². The van der Waals surface area contributed by atoms with Crippen molar-refractivity contribution in [1.29, 1.82) is 0 Å². The second kappa shape index (κ2) is 6.91. The van der Waals surface area contributed by atoms with E-state index in [1.54, 1.807) is 21.7 Å². The highest BCUT2D eigenvalue weighted by Gasteiger charge is 2.31. The van der Waals surface area contributed by atoms with Crippen LogP contribution in [0.2, 0.25) is 0 Å². The maximum absolute atomic E-state index is 12.1. The van der Waals surface area contributed by atoms with Crippen molar-refractivity contribution in [3.05, 3.63) is 46.4 Å². The molecule has 23 heavy (non-hydrogen) atoms. The Hall–Kier alpha value is -2.21. The zero-order valence-electron chi connectivity index (χ0n) is 13.0. The molecule has 1 fully saturated rings. The maximum Gasteiger partial charge on any atom is 0.229 e. The molecular formula is C17H19N3O2S. The zero-order chi connectivity index (χ0) is 16.2. The number of aryl methyl sites for hydroxylation is 2. The second-order valence-electron chi connectivity index (χ2n) is 5.67. The first-order valence-corrected chi connectivity index (χ1v) is 8.55. The van der Waals surface area contributed by atoms with Gasteiger partial charge in [0, 0.05) is 30.0 Å². The van der Waals surface area contributed by atoms with Gasteiger partial charge in [-0.25, -0.2) is 4.98 Å². The number of para-hydroxylation sites is 1. The summed E-state index contributed by atoms with van der Waals surface area (Å²) >= 11 is 1.58. The van der Waals surface area contributed by atoms with Crippen molar-refractivity contribution in [3.8, 4) is 0 Å². The number of nitrogens with one attached hydrogen (secondary N) is 1. The molecule has 0 spiro atoms. The van der Waals surface area contributed by atoms with Gasteiger partial charge in [0.05, 0.1) is 17.2 Å². The molecule has 2 amide bonds. The van der Waals surface area contributed by atoms with Crippen LogP contribution in [-0.4, -0.2) is 29.4 Å². The molecule has 0 aliphatic carbocycles. The minimum absolute atomic E-state index is 0.00879. The highest BCUT2D eigenvalue weighted by Crippen LogP contribution is 2.21. The molecule has 5 nitrogen and oxygen atoms in total. The Kier molecular flexibility index (Phi) is 4.71. The van der Waals surface area contributed by atoms with Crippen LogP contribution < -0.4 is 10.2 Å². The Labute approximate surface area is 139 Å². The highest BCUT2D eigenvalue weighted by molar-refractivity contribution is 7.09. The Balaban J connectivity index is 1.52. The van der Waals surface area contributed by atoms with Gasteiger partial charge in [-0.2, -0.15) is 0 Å². The fourth-order valence-electron chi connectivity index (χ4n) is 2.75. The van der Waals surface area contributed by atoms with E-state index >= 15 is 0 Å². The Morgan fingerprint density at radius 2 is 2.17 bits per heavy atom. The van der Waals surface area contributed by atoms with E-state index in [1.807, 2.05) is 37.3 Å². The summed E-state index contributed by atoms with van der Waals surface area (Å²) in [7, 11) is 0. The molecule has 0 radical (unpaired) electrons. The van der Waals surface area contributed by atoms with E-state index in [9.17, 15) is 9.59 Å². The van der Waals surface area contributed by atoms with Gasteiger partial charge in [-0.05, 0) is 25.5 Å². The number of carbonyl (C=O) groups is 2. The predicted molar refractivity (Wildman–Crippen MR) is 90.5 cm³/mol. The van der Waals surface area contributed by atoms with Gasteiger partial charge < -0.3 is 10.2 Å². The van der Waals surface area contributed by atoms with E-state index in [4.69, 9.17) is 0 Å². The normalized spacial score (nSPS) is 17.5. The second-order valence-corrected chi connectivity index (χ2v) is 6.61. The van der Waals surface area contributed by atoms with Crippen molar-refractivity contribution in [3.63, 3.8) is 0 Å². The van der Waals surface area contributed by atoms with Crippen LogP contribution in [0.1, 0.15) is 23.4 Å². The minimum atomic E-state index is -0.113. The number of carbonyl (C=O) groups excluding carboxylic acids is 2. The molecule has 1 atom stereocenters. The van der Waals surface area contributed by atoms with E-state index in [0.29, 0.717) is 25.8 Å². The molecule has 1 aromatic heterocycles. The first-order chi connectivity index (χ1) is 11.1. The van der Waals surface area contributed by atoms with Gasteiger partial charge in [-0.3, -0.25) is 9.59 Å². The maximum atomic E-state index is 12.1. The SMILES string of the molecule is Cc1ncsc1CCC(=O)N[C@@H]1CC(=O)N(c2ccccc2)C1. The number of hydrogen-bond acceptors (Lipinski definition) is 4. The monoisotopic (exact) mass is 329 g/mol. The van der Waals surface area contributed by atoms with Crippen LogP contribution in [0.5, 0.6) is 0 Å². The molecule has 1 saturated heterocycles. The number of benzene rings is 1. The Morgan fingerprint density at radius 3 is 2.87 bits per heavy atom. The summed E-state index contributed by atoms with van der Waals surface area (Å²) < 4.78 is 0. The van der Waals surface area contributed by atoms with Gasteiger partial charge in [-0.1, -0.05) is 18.2 Å². The fourth-order valence-corrected chi connectivity index (χ4v) is 3.54. The van der Waals surface area contributed by atoms with Crippen LogP contribution in [0.15, 0.2) is 35.8 Å². The van der Waals surface area contributed by atoms with Crippen molar-refractivity contribution in [1.82, 2.24) is 10.3 Å². The highest BCUT2D eigenvalue weighted by atomic mass is 32.1. The van der Waals surface area contributed by atoms with E-state index < -0.39 is 0 Å². The molecule has 1 aromatic carbocycles. The third-order valence-electron chi connectivity index (χ3n) is 3.98. The van der Waals surface area contributed by atoms with Gasteiger partial charge in [0.1, 0.15) is 0 Å². The third kappa shape index (κ3) is 3.76. The van der Waals surface area contributed by atoms with Crippen LogP contribution in [0.25, 0.3) is 0 Å². The lowest BCUT2D eigenvalue weighted by molar-refractivity contribution is -0.121. The lowest BCUT2D eigenvalue weighted by atomic mass is 10.2. The predicted octanol–water partition coefficient (Wildman–Crippen LogP) is 2.31. The summed E-state index contributed by atoms with van der Waals surface area (Å²) in [4.78, 5) is 31.3. The van der Waals surface area contributed by atoms with Crippen LogP contribution >= 0.6 is 11.3 Å². The summed E-state index contributed by atoms with van der Waals surface area (Å²) in [6.07, 6.45) is 1.49. The summed E-state index contributed by atoms with van der Waals surface area (Å²) in [5.41, 5.74) is 3.68. The number of thiazole rings is 1. The van der Waals surface area contributed by atoms with Gasteiger partial charge in [0.15, 0.2) is 0 Å². The summed E-state index contributed by atoms with van der Waals surface area (Å²) in [5.74, 6) is 0.0466. The van der Waals surface area contributed by atoms with Gasteiger partial charge in [0.2, 0.25) is 11.8 Å². The van der Waals surface area contributed by atoms with E-state index in [1.165, 1.54) is 0 Å². The van der Waals surface area contributed by atoms with Gasteiger partial charge >= 0.3 is 0 Å². The van der Waals surface area contributed by atoms with Crippen LogP contribution in [0.4, 0.5) is 5.69 Å². The molecule has 0 unspecified atom stereocenters. The largest absolute Gasteiger partial charge is 0.351 e. The number of nitrogens with zero attached hydrogens (tertiary/aromatic N) is 2. The molecule has 0 bridgehead atoms. The van der Waals surface area contributed by atoms with E-state index in [-0.39, 0.29) is 17.9 Å². The molecule has 2 aromatic rings. The lowest BCUT2D eigenvalue weighted by Gasteiger charge is -2.17. The number of rotatable bonds is 5. The van der Waals surface area contributed by atoms with Crippen molar-refractivity contribution >= 4 is 28.8 Å². The van der Waals surface area contributed by atoms with Gasteiger partial charge in [-0.15, -0.1) is 11.3 Å². The number of hydrogen-bond donors (Lipinski definition) is 1. The van der Waals surface area contributed by atoms with E-state index in [0.717, 1.165) is 16.3 Å². The number of aromatic nitrogens is 1. The molecular weight excluding hydrogens is 310 g/mol. The fraction of sp³-hybridized carbons (Fsp3) is 0.353. The van der Waals surface area contributed by atoms with Gasteiger partial charge in [0.25, 0.3) is 0 Å². The van der Waals surface area contributed by atoms with Crippen LogP contribution in [0, 0.1) is 6.92 Å². The number of anilines is 1. The number of amides is 2. The zero-order valence-corrected chi connectivity index (χ0v) is 13.8. The van der Waals surface area contributed by atoms with Crippen LogP contribution in [-0.2, 0) is 16.0 Å². The topological polar surface area (TPSA) is 62.3 Å². The summed E-state index contributed by atoms with van der Waals surface area (Å²) in [5, 5.41) is 2.97. The Morgan fingerprint density at radius 1 is 1.39 bits per heavy atom. The van der Waals surface area contributed by atoms with Crippen molar-refractivity contribution in [2.75, 3.05) is 11.4 Å². The molecule has 3 rings (SSSR count). The quantitative estimate of drug-likeness (QED) is 0.915. The summed E-state index contributed by atoms with van der Waals surface area (Å²) in [6, 6.07) is 9.45. The lowest BCUT2D eigenvalue weighted by Crippen LogP contribution is -2.37. The summed E-state index contributed by atoms with van der Waals surface area (Å²) in [6.45, 7) is 2.49. The van der Waals surface area contributed by atoms with Crippen molar-refractivity contribution < 1.29 is 9.59 Å². The average molecular weight is 329 g/mol. The molecule has 1 aliphatic rings. The third-order valence-corrected chi connectivity index (χ3v) is 4.98. The molecule has 0 saturated carbocycles. The van der Waals surface area contributed by atoms with E-state index in [2.05, 4.69) is 10.3 Å². The standard InChI is InChI=1S/C17H19N3O2S/c1-12-15(23-11-18-12)7-8-16(21)19-13-9-17(22)20(10-13)14-5-3-2-4-6-14/h2-6,11,13H,7-10H2,1H3,(H,19,21)/t13-/m1/s1. The first kappa shape index (κ1) is 15.7. The molecule has 2 heterocycles. The first-order valence-electron chi connectivity index (χ1n) is 7.67. The van der Waals surface area contributed by atoms with Crippen LogP contribution in [0.3, 0.4) is 0 Å².